The van der Waals surface area contributed by atoms with Crippen molar-refractivity contribution < 1.29 is 14.3 Å². The number of aryl methyl sites for hydroxylation is 1. The molecule has 0 aliphatic carbocycles. The van der Waals surface area contributed by atoms with Crippen LogP contribution in [-0.4, -0.2) is 42.6 Å². The van der Waals surface area contributed by atoms with Gasteiger partial charge in [-0.25, -0.2) is 4.98 Å². The number of halogens is 1. The molecule has 1 N–H and O–H groups in total. The number of aromatic nitrogens is 3. The third-order valence-corrected chi connectivity index (χ3v) is 8.57. The molecular formula is C26H32BrN3O3Si. The van der Waals surface area contributed by atoms with Crippen LogP contribution in [0.3, 0.4) is 0 Å². The van der Waals surface area contributed by atoms with Crippen molar-refractivity contribution in [1.82, 2.24) is 14.5 Å². The number of ether oxygens (including phenoxy) is 2. The number of aromatic amines is 1. The predicted octanol–water partition coefficient (Wildman–Crippen LogP) is 6.41. The maximum absolute atomic E-state index is 12.9. The van der Waals surface area contributed by atoms with Crippen LogP contribution in [0.1, 0.15) is 23.9 Å². The van der Waals surface area contributed by atoms with E-state index in [9.17, 15) is 4.79 Å². The van der Waals surface area contributed by atoms with Crippen molar-refractivity contribution in [3.8, 4) is 5.75 Å². The number of aldehydes is 1. The van der Waals surface area contributed by atoms with E-state index in [-0.39, 0.29) is 0 Å². The zero-order valence-electron chi connectivity index (χ0n) is 20.7. The molecule has 2 heterocycles. The number of carbonyl (C=O) groups is 1. The number of rotatable bonds is 9. The molecular weight excluding hydrogens is 510 g/mol. The molecule has 0 bridgehead atoms. The first kappa shape index (κ1) is 24.7. The lowest BCUT2D eigenvalue weighted by Gasteiger charge is -2.27. The predicted molar refractivity (Wildman–Crippen MR) is 144 cm³/mol. The highest BCUT2D eigenvalue weighted by Crippen LogP contribution is 2.42. The molecule has 0 saturated heterocycles. The van der Waals surface area contributed by atoms with Gasteiger partial charge in [-0.05, 0) is 55.8 Å². The normalized spacial score (nSPS) is 14.0. The van der Waals surface area contributed by atoms with Crippen molar-refractivity contribution in [3.63, 3.8) is 0 Å². The molecule has 1 unspecified atom stereocenters. The molecule has 8 heteroatoms. The molecule has 0 aliphatic rings. The maximum Gasteiger partial charge on any atom is 0.138 e. The Morgan fingerprint density at radius 3 is 2.68 bits per heavy atom. The van der Waals surface area contributed by atoms with Gasteiger partial charge in [-0.15, -0.1) is 0 Å². The van der Waals surface area contributed by atoms with Crippen molar-refractivity contribution in [3.05, 3.63) is 58.0 Å². The Kier molecular flexibility index (Phi) is 6.77. The molecule has 2 aromatic heterocycles. The number of hydrogen-bond acceptors (Lipinski definition) is 4. The topological polar surface area (TPSA) is 69.1 Å². The Bertz CT molecular complexity index is 1360. The highest BCUT2D eigenvalue weighted by molar-refractivity contribution is 9.10. The zero-order valence-corrected chi connectivity index (χ0v) is 23.2. The Morgan fingerprint density at radius 2 is 2.00 bits per heavy atom. The van der Waals surface area contributed by atoms with Crippen molar-refractivity contribution in [2.24, 2.45) is 0 Å². The number of H-pyrrole nitrogens is 1. The van der Waals surface area contributed by atoms with Gasteiger partial charge in [-0.1, -0.05) is 35.6 Å². The van der Waals surface area contributed by atoms with Crippen LogP contribution in [0.25, 0.3) is 21.9 Å². The molecule has 6 nitrogen and oxygen atoms in total. The summed E-state index contributed by atoms with van der Waals surface area (Å²) in [7, 11) is 0.417. The molecule has 4 rings (SSSR count). The Labute approximate surface area is 209 Å². The fourth-order valence-electron chi connectivity index (χ4n) is 4.46. The van der Waals surface area contributed by atoms with Gasteiger partial charge in [0.05, 0.1) is 18.1 Å². The summed E-state index contributed by atoms with van der Waals surface area (Å²) in [5, 5.41) is 0.950. The van der Waals surface area contributed by atoms with Crippen LogP contribution < -0.4 is 4.74 Å². The first-order chi connectivity index (χ1) is 16.1. The van der Waals surface area contributed by atoms with Crippen LogP contribution >= 0.6 is 15.9 Å². The number of methoxy groups -OCH3 is 1. The average molecular weight is 543 g/mol. The number of nitrogens with zero attached hydrogens (tertiary/aromatic N) is 2. The van der Waals surface area contributed by atoms with E-state index in [0.717, 1.165) is 49.9 Å². The lowest BCUT2D eigenvalue weighted by Crippen LogP contribution is -2.31. The second kappa shape index (κ2) is 9.32. The number of hydrogen-bond donors (Lipinski definition) is 1. The monoisotopic (exact) mass is 541 g/mol. The Balaban J connectivity index is 1.91. The van der Waals surface area contributed by atoms with Crippen molar-refractivity contribution in [1.29, 1.82) is 0 Å². The quantitative estimate of drug-likeness (QED) is 0.151. The Hall–Kier alpha value is -2.42. The number of benzene rings is 2. The smallest absolute Gasteiger partial charge is 0.138 e. The summed E-state index contributed by atoms with van der Waals surface area (Å²) in [4.78, 5) is 21.2. The van der Waals surface area contributed by atoms with Crippen LogP contribution in [0.2, 0.25) is 25.7 Å². The summed E-state index contributed by atoms with van der Waals surface area (Å²) >= 11 is 3.55. The van der Waals surface area contributed by atoms with Crippen molar-refractivity contribution in [2.75, 3.05) is 13.7 Å². The minimum Gasteiger partial charge on any atom is -0.496 e. The van der Waals surface area contributed by atoms with E-state index in [1.165, 1.54) is 0 Å². The maximum atomic E-state index is 12.9. The highest BCUT2D eigenvalue weighted by Gasteiger charge is 2.39. The highest BCUT2D eigenvalue weighted by atomic mass is 79.9. The summed E-state index contributed by atoms with van der Waals surface area (Å²) in [6.45, 7) is 11.9. The first-order valence-electron chi connectivity index (χ1n) is 11.4. The van der Waals surface area contributed by atoms with E-state index in [4.69, 9.17) is 14.5 Å². The molecule has 0 saturated carbocycles. The SMILES string of the molecule is COc1cc(C)c2[nH]ccc2c1C(C)(C=O)c1nc2cc(Br)ccc2n1COCC[Si](C)(C)C. The van der Waals surface area contributed by atoms with Gasteiger partial charge < -0.3 is 23.8 Å². The minimum atomic E-state index is -1.22. The van der Waals surface area contributed by atoms with Crippen LogP contribution in [0.15, 0.2) is 41.0 Å². The second-order valence-corrected chi connectivity index (χ2v) is 16.7. The van der Waals surface area contributed by atoms with Crippen molar-refractivity contribution in [2.45, 2.75) is 51.7 Å². The van der Waals surface area contributed by atoms with Gasteiger partial charge in [0.25, 0.3) is 0 Å². The fraction of sp³-hybridized carbons (Fsp3) is 0.385. The van der Waals surface area contributed by atoms with Crippen LogP contribution in [0.5, 0.6) is 5.75 Å². The van der Waals surface area contributed by atoms with E-state index in [1.807, 2.05) is 54.9 Å². The molecule has 0 radical (unpaired) electrons. The third-order valence-electron chi connectivity index (χ3n) is 6.37. The summed E-state index contributed by atoms with van der Waals surface area (Å²) in [6.07, 6.45) is 2.87. The van der Waals surface area contributed by atoms with E-state index < -0.39 is 13.5 Å². The summed E-state index contributed by atoms with van der Waals surface area (Å²) in [5.74, 6) is 1.30. The Morgan fingerprint density at radius 1 is 1.24 bits per heavy atom. The number of nitrogens with one attached hydrogen (secondary N) is 1. The van der Waals surface area contributed by atoms with Gasteiger partial charge >= 0.3 is 0 Å². The second-order valence-electron chi connectivity index (χ2n) is 10.2. The first-order valence-corrected chi connectivity index (χ1v) is 15.9. The van der Waals surface area contributed by atoms with E-state index in [1.54, 1.807) is 7.11 Å². The minimum absolute atomic E-state index is 0.325. The number of carbonyl (C=O) groups excluding carboxylic acids is 1. The summed E-state index contributed by atoms with van der Waals surface area (Å²) in [5.41, 5.74) is 3.51. The molecule has 34 heavy (non-hydrogen) atoms. The molecule has 2 aromatic carbocycles. The fourth-order valence-corrected chi connectivity index (χ4v) is 5.57. The lowest BCUT2D eigenvalue weighted by molar-refractivity contribution is -0.111. The summed E-state index contributed by atoms with van der Waals surface area (Å²) < 4.78 is 14.9. The van der Waals surface area contributed by atoms with E-state index >= 15 is 0 Å². The average Bonchev–Trinajstić information content (AvgIpc) is 3.40. The lowest BCUT2D eigenvalue weighted by atomic mass is 9.80. The van der Waals surface area contributed by atoms with Crippen molar-refractivity contribution >= 4 is 52.2 Å². The van der Waals surface area contributed by atoms with Crippen LogP contribution in [0, 0.1) is 6.92 Å². The van der Waals surface area contributed by atoms with Crippen LogP contribution in [-0.2, 0) is 21.7 Å². The number of fused-ring (bicyclic) bond motifs is 2. The third kappa shape index (κ3) is 4.46. The van der Waals surface area contributed by atoms with E-state index in [0.29, 0.717) is 24.9 Å². The molecule has 0 fully saturated rings. The standard InChI is InChI=1S/C26H32BrN3O3Si/c1-17-13-22(32-3)23(19-9-10-28-24(17)19)26(2,15-31)25-29-20-14-18(27)7-8-21(20)30(25)16-33-11-12-34(4,5)6/h7-10,13-15,28H,11-12,16H2,1-6H3. The van der Waals surface area contributed by atoms with Gasteiger partial charge in [0.2, 0.25) is 0 Å². The molecule has 0 spiro atoms. The van der Waals surface area contributed by atoms with Gasteiger partial charge in [-0.3, -0.25) is 0 Å². The molecule has 180 valence electrons. The number of imidazole rings is 1. The van der Waals surface area contributed by atoms with Gasteiger partial charge in [0.15, 0.2) is 0 Å². The molecule has 0 aliphatic heterocycles. The van der Waals surface area contributed by atoms with E-state index in [2.05, 4.69) is 40.6 Å². The van der Waals surface area contributed by atoms with Crippen LogP contribution in [0.4, 0.5) is 0 Å². The van der Waals surface area contributed by atoms with Gasteiger partial charge in [-0.2, -0.15) is 0 Å². The molecule has 4 aromatic rings. The zero-order chi connectivity index (χ0) is 24.7. The largest absolute Gasteiger partial charge is 0.496 e. The van der Waals surface area contributed by atoms with Gasteiger partial charge in [0.1, 0.15) is 30.0 Å². The molecule has 1 atom stereocenters. The molecule has 0 amide bonds. The summed E-state index contributed by atoms with van der Waals surface area (Å²) in [6, 6.07) is 11.0. The van der Waals surface area contributed by atoms with Gasteiger partial charge in [0, 0.05) is 41.8 Å².